The number of rotatable bonds is 4. The van der Waals surface area contributed by atoms with Crippen molar-refractivity contribution in [2.75, 3.05) is 7.11 Å². The van der Waals surface area contributed by atoms with E-state index < -0.39 is 0 Å². The Morgan fingerprint density at radius 1 is 0.949 bits per heavy atom. The minimum atomic E-state index is -0.312. The van der Waals surface area contributed by atoms with Crippen LogP contribution in [0.4, 0.5) is 0 Å². The molecule has 4 heterocycles. The zero-order valence-corrected chi connectivity index (χ0v) is 21.7. The van der Waals surface area contributed by atoms with Gasteiger partial charge in [0.25, 0.3) is 0 Å². The minimum absolute atomic E-state index is 0.0977. The molecule has 0 bridgehead atoms. The molecule has 3 aromatic carbocycles. The number of benzene rings is 3. The van der Waals surface area contributed by atoms with Gasteiger partial charge in [0.05, 0.1) is 41.1 Å². The number of methoxy groups -OCH3 is 1. The number of aromatic hydroxyl groups is 1. The molecule has 192 valence electrons. The summed E-state index contributed by atoms with van der Waals surface area (Å²) in [6.45, 7) is 1.96. The molecule has 0 saturated heterocycles. The number of phenols is 1. The van der Waals surface area contributed by atoms with Crippen LogP contribution in [-0.2, 0) is 0 Å². The normalized spacial score (nSPS) is 14.1. The number of halogens is 1. The Morgan fingerprint density at radius 3 is 2.46 bits per heavy atom. The fraction of sp³-hybridized carbons (Fsp3) is 0.103. The summed E-state index contributed by atoms with van der Waals surface area (Å²) in [6, 6.07) is 22.3. The number of phenolic OH excluding ortho intramolecular Hbond substituents is 1. The first-order chi connectivity index (χ1) is 19.0. The van der Waals surface area contributed by atoms with Gasteiger partial charge in [-0.3, -0.25) is 0 Å². The van der Waals surface area contributed by atoms with E-state index in [0.717, 1.165) is 33.8 Å². The van der Waals surface area contributed by atoms with Crippen LogP contribution in [-0.4, -0.2) is 41.6 Å². The first-order valence-corrected chi connectivity index (χ1v) is 12.6. The number of para-hydroxylation sites is 1. The second-order valence-corrected chi connectivity index (χ2v) is 9.62. The molecule has 6 aromatic rings. The van der Waals surface area contributed by atoms with E-state index in [-0.39, 0.29) is 11.7 Å². The van der Waals surface area contributed by atoms with Crippen LogP contribution in [0, 0.1) is 6.92 Å². The second kappa shape index (κ2) is 8.85. The van der Waals surface area contributed by atoms with Crippen molar-refractivity contribution in [3.8, 4) is 40.3 Å². The van der Waals surface area contributed by atoms with Gasteiger partial charge in [-0.2, -0.15) is 5.10 Å². The maximum Gasteiger partial charge on any atom is 0.230 e. The molecular formula is C29H21ClN6O3. The van der Waals surface area contributed by atoms with Crippen molar-refractivity contribution < 1.29 is 14.6 Å². The van der Waals surface area contributed by atoms with Crippen LogP contribution in [0.15, 0.2) is 79.1 Å². The van der Waals surface area contributed by atoms with E-state index in [1.165, 1.54) is 0 Å². The molecule has 0 amide bonds. The van der Waals surface area contributed by atoms with Crippen LogP contribution < -0.4 is 9.47 Å². The van der Waals surface area contributed by atoms with Crippen LogP contribution in [0.5, 0.6) is 23.3 Å². The third kappa shape index (κ3) is 3.70. The Kier molecular flexibility index (Phi) is 5.27. The monoisotopic (exact) mass is 536 g/mol. The topological polar surface area (TPSA) is 99.6 Å². The summed E-state index contributed by atoms with van der Waals surface area (Å²) in [7, 11) is 1.64. The highest BCUT2D eigenvalue weighted by Gasteiger charge is 2.38. The number of ether oxygens (including phenoxy) is 2. The van der Waals surface area contributed by atoms with Crippen LogP contribution in [0.25, 0.3) is 22.7 Å². The van der Waals surface area contributed by atoms with E-state index >= 15 is 0 Å². The van der Waals surface area contributed by atoms with Gasteiger partial charge in [0.1, 0.15) is 17.8 Å². The predicted octanol–water partition coefficient (Wildman–Crippen LogP) is 5.94. The quantitative estimate of drug-likeness (QED) is 0.297. The SMILES string of the molecule is COc1ccc([C@H]2c3c(C)nn(-c4ccc(Cl)cc4)c3Oc3ncn4nc(-c5ccccc5O)nc4c32)cc1. The van der Waals surface area contributed by atoms with Crippen molar-refractivity contribution in [2.45, 2.75) is 12.8 Å². The first-order valence-electron chi connectivity index (χ1n) is 12.2. The molecule has 1 atom stereocenters. The van der Waals surface area contributed by atoms with Gasteiger partial charge in [-0.1, -0.05) is 35.9 Å². The first kappa shape index (κ1) is 23.2. The maximum absolute atomic E-state index is 10.4. The van der Waals surface area contributed by atoms with E-state index in [9.17, 15) is 5.11 Å². The highest BCUT2D eigenvalue weighted by molar-refractivity contribution is 6.30. The van der Waals surface area contributed by atoms with Gasteiger partial charge >= 0.3 is 0 Å². The zero-order chi connectivity index (χ0) is 26.7. The minimum Gasteiger partial charge on any atom is -0.507 e. The summed E-state index contributed by atoms with van der Waals surface area (Å²) < 4.78 is 15.3. The average Bonchev–Trinajstić information content (AvgIpc) is 3.54. The maximum atomic E-state index is 10.4. The number of nitrogens with zero attached hydrogens (tertiary/aromatic N) is 6. The fourth-order valence-corrected chi connectivity index (χ4v) is 5.17. The number of aryl methyl sites for hydroxylation is 1. The standard InChI is InChI=1S/C29H21ClN6O3/c1-16-23-24(17-7-13-20(38-2)14-8-17)25-27-32-26(21-5-3-4-6-22(21)37)34-35(27)15-31-28(25)39-29(23)36(33-16)19-11-9-18(30)10-12-19/h3-15,24,37H,1-2H3/t24-/m0/s1. The Morgan fingerprint density at radius 2 is 1.72 bits per heavy atom. The number of aromatic nitrogens is 6. The van der Waals surface area contributed by atoms with Crippen molar-refractivity contribution in [1.82, 2.24) is 29.4 Å². The Balaban J connectivity index is 1.48. The van der Waals surface area contributed by atoms with Crippen LogP contribution >= 0.6 is 11.6 Å². The molecule has 7 rings (SSSR count). The summed E-state index contributed by atoms with van der Waals surface area (Å²) in [6.07, 6.45) is 1.57. The van der Waals surface area contributed by atoms with Crippen molar-refractivity contribution in [1.29, 1.82) is 0 Å². The summed E-state index contributed by atoms with van der Waals surface area (Å²) in [5.41, 5.74) is 5.35. The second-order valence-electron chi connectivity index (χ2n) is 9.18. The molecule has 0 saturated carbocycles. The summed E-state index contributed by atoms with van der Waals surface area (Å²) in [5.74, 6) is 1.90. The molecular weight excluding hydrogens is 516 g/mol. The van der Waals surface area contributed by atoms with Crippen molar-refractivity contribution in [2.24, 2.45) is 0 Å². The molecule has 0 radical (unpaired) electrons. The molecule has 39 heavy (non-hydrogen) atoms. The Labute approximate surface area is 227 Å². The third-order valence-electron chi connectivity index (χ3n) is 6.89. The average molecular weight is 537 g/mol. The molecule has 1 N–H and O–H groups in total. The molecule has 1 aliphatic rings. The molecule has 0 aliphatic carbocycles. The Hall–Kier alpha value is -4.89. The van der Waals surface area contributed by atoms with Gasteiger partial charge in [-0.25, -0.2) is 19.2 Å². The largest absolute Gasteiger partial charge is 0.507 e. The van der Waals surface area contributed by atoms with E-state index in [1.54, 1.807) is 40.8 Å². The van der Waals surface area contributed by atoms with Crippen molar-refractivity contribution in [3.63, 3.8) is 0 Å². The number of hydrogen-bond acceptors (Lipinski definition) is 7. The highest BCUT2D eigenvalue weighted by Crippen LogP contribution is 2.50. The van der Waals surface area contributed by atoms with Crippen LogP contribution in [0.3, 0.4) is 0 Å². The number of fused-ring (bicyclic) bond motifs is 4. The lowest BCUT2D eigenvalue weighted by Crippen LogP contribution is -2.16. The van der Waals surface area contributed by atoms with E-state index in [4.69, 9.17) is 31.2 Å². The fourth-order valence-electron chi connectivity index (χ4n) is 5.04. The Bertz CT molecular complexity index is 1860. The molecule has 1 aliphatic heterocycles. The van der Waals surface area contributed by atoms with Gasteiger partial charge in [-0.05, 0) is 61.0 Å². The van der Waals surface area contributed by atoms with Gasteiger partial charge < -0.3 is 14.6 Å². The molecule has 0 unspecified atom stereocenters. The lowest BCUT2D eigenvalue weighted by molar-refractivity contribution is 0.402. The summed E-state index contributed by atoms with van der Waals surface area (Å²) in [5, 5.41) is 20.5. The highest BCUT2D eigenvalue weighted by atomic mass is 35.5. The van der Waals surface area contributed by atoms with E-state index in [2.05, 4.69) is 10.1 Å². The van der Waals surface area contributed by atoms with Crippen molar-refractivity contribution in [3.05, 3.63) is 107 Å². The van der Waals surface area contributed by atoms with Gasteiger partial charge in [0.15, 0.2) is 11.5 Å². The molecule has 0 fully saturated rings. The third-order valence-corrected chi connectivity index (χ3v) is 7.14. The van der Waals surface area contributed by atoms with Gasteiger partial charge in [0, 0.05) is 5.02 Å². The van der Waals surface area contributed by atoms with E-state index in [0.29, 0.717) is 33.8 Å². The molecule has 9 nitrogen and oxygen atoms in total. The predicted molar refractivity (Wildman–Crippen MR) is 145 cm³/mol. The zero-order valence-electron chi connectivity index (χ0n) is 20.9. The number of hydrogen-bond donors (Lipinski definition) is 1. The molecule has 0 spiro atoms. The molecule has 10 heteroatoms. The summed E-state index contributed by atoms with van der Waals surface area (Å²) in [4.78, 5) is 9.48. The van der Waals surface area contributed by atoms with Gasteiger partial charge in [0.2, 0.25) is 11.8 Å². The summed E-state index contributed by atoms with van der Waals surface area (Å²) >= 11 is 6.14. The van der Waals surface area contributed by atoms with Crippen LogP contribution in [0.1, 0.15) is 28.3 Å². The lowest BCUT2D eigenvalue weighted by atomic mass is 9.84. The lowest BCUT2D eigenvalue weighted by Gasteiger charge is -2.26. The smallest absolute Gasteiger partial charge is 0.230 e. The van der Waals surface area contributed by atoms with Crippen LogP contribution in [0.2, 0.25) is 5.02 Å². The van der Waals surface area contributed by atoms with Crippen molar-refractivity contribution >= 4 is 17.2 Å². The molecule has 3 aromatic heterocycles. The van der Waals surface area contributed by atoms with Gasteiger partial charge in [-0.15, -0.1) is 5.10 Å². The van der Waals surface area contributed by atoms with E-state index in [1.807, 2.05) is 61.5 Å².